The van der Waals surface area contributed by atoms with Gasteiger partial charge in [-0.25, -0.2) is 23.5 Å². The molecule has 0 bridgehead atoms. The zero-order valence-electron chi connectivity index (χ0n) is 18.1. The number of hydrogen-bond donors (Lipinski definition) is 1. The standard InChI is InChI=1S/C21H27N3O7S/c1-21(32(2,27)28,19(25)23-31-18-5-3-4-12-29-18)13-17-14-24(20(26)30-17)16-8-6-15(7-9-16)10-11-22/h6-9,17-18H,3-5,10,12-14H2,1-2H3,(H,23,25)/t17-,18?,21?/m0/s1. The molecule has 2 amide bonds. The van der Waals surface area contributed by atoms with Gasteiger partial charge < -0.3 is 9.47 Å². The van der Waals surface area contributed by atoms with Crippen LogP contribution in [0.25, 0.3) is 0 Å². The van der Waals surface area contributed by atoms with Crippen LogP contribution in [0.1, 0.15) is 38.2 Å². The molecule has 0 spiro atoms. The topological polar surface area (TPSA) is 135 Å². The van der Waals surface area contributed by atoms with Crippen molar-refractivity contribution in [1.82, 2.24) is 5.48 Å². The number of carbonyl (C=O) groups is 2. The Balaban J connectivity index is 1.68. The summed E-state index contributed by atoms with van der Waals surface area (Å²) in [6.45, 7) is 1.88. The molecule has 2 fully saturated rings. The van der Waals surface area contributed by atoms with E-state index in [9.17, 15) is 18.0 Å². The maximum atomic E-state index is 12.8. The molecule has 2 heterocycles. The lowest BCUT2D eigenvalue weighted by Crippen LogP contribution is -2.53. The van der Waals surface area contributed by atoms with Crippen molar-refractivity contribution in [3.05, 3.63) is 29.8 Å². The largest absolute Gasteiger partial charge is 0.444 e. The van der Waals surface area contributed by atoms with Gasteiger partial charge in [-0.2, -0.15) is 5.26 Å². The van der Waals surface area contributed by atoms with Crippen molar-refractivity contribution in [2.45, 2.75) is 56.2 Å². The molecule has 2 saturated heterocycles. The predicted molar refractivity (Wildman–Crippen MR) is 114 cm³/mol. The second kappa shape index (κ2) is 9.85. The quantitative estimate of drug-likeness (QED) is 0.575. The molecule has 0 radical (unpaired) electrons. The Bertz CT molecular complexity index is 984. The molecule has 32 heavy (non-hydrogen) atoms. The molecule has 0 saturated carbocycles. The number of cyclic esters (lactones) is 1. The molecule has 2 aliphatic heterocycles. The summed E-state index contributed by atoms with van der Waals surface area (Å²) in [4.78, 5) is 31.9. The van der Waals surface area contributed by atoms with E-state index in [0.29, 0.717) is 18.7 Å². The minimum absolute atomic E-state index is 0.0847. The summed E-state index contributed by atoms with van der Waals surface area (Å²) in [7, 11) is -3.89. The van der Waals surface area contributed by atoms with Crippen molar-refractivity contribution in [2.75, 3.05) is 24.3 Å². The van der Waals surface area contributed by atoms with E-state index in [2.05, 4.69) is 11.5 Å². The van der Waals surface area contributed by atoms with E-state index in [0.717, 1.165) is 24.7 Å². The number of ether oxygens (including phenoxy) is 2. The average molecular weight is 466 g/mol. The van der Waals surface area contributed by atoms with E-state index in [1.165, 1.54) is 11.8 Å². The number of anilines is 1. The molecule has 3 rings (SSSR count). The second-order valence-corrected chi connectivity index (χ2v) is 10.6. The number of benzene rings is 1. The minimum atomic E-state index is -3.89. The highest BCUT2D eigenvalue weighted by Crippen LogP contribution is 2.30. The lowest BCUT2D eigenvalue weighted by Gasteiger charge is -2.29. The molecule has 1 aromatic carbocycles. The molecule has 174 valence electrons. The normalized spacial score (nSPS) is 23.2. The Kier molecular flexibility index (Phi) is 7.38. The van der Waals surface area contributed by atoms with Crippen LogP contribution in [0.3, 0.4) is 0 Å². The number of nitrogens with one attached hydrogen (secondary N) is 1. The zero-order valence-corrected chi connectivity index (χ0v) is 18.9. The van der Waals surface area contributed by atoms with Gasteiger partial charge in [0.05, 0.1) is 19.0 Å². The summed E-state index contributed by atoms with van der Waals surface area (Å²) < 4.78 is 33.9. The number of rotatable bonds is 8. The average Bonchev–Trinajstić information content (AvgIpc) is 3.12. The van der Waals surface area contributed by atoms with Crippen molar-refractivity contribution in [1.29, 1.82) is 5.26 Å². The third-order valence-corrected chi connectivity index (χ3v) is 7.73. The van der Waals surface area contributed by atoms with Gasteiger partial charge in [0.1, 0.15) is 6.10 Å². The van der Waals surface area contributed by atoms with Gasteiger partial charge in [-0.05, 0) is 37.5 Å². The van der Waals surface area contributed by atoms with Crippen molar-refractivity contribution < 1.29 is 32.3 Å². The van der Waals surface area contributed by atoms with E-state index in [-0.39, 0.29) is 19.4 Å². The van der Waals surface area contributed by atoms with Crippen LogP contribution in [0, 0.1) is 11.3 Å². The molecule has 10 nitrogen and oxygen atoms in total. The Morgan fingerprint density at radius 3 is 2.66 bits per heavy atom. The Labute approximate surface area is 187 Å². The Hall–Kier alpha value is -2.68. The lowest BCUT2D eigenvalue weighted by molar-refractivity contribution is -0.201. The van der Waals surface area contributed by atoms with Gasteiger partial charge in [0, 0.05) is 31.4 Å². The van der Waals surface area contributed by atoms with Crippen molar-refractivity contribution in [3.8, 4) is 6.07 Å². The summed E-state index contributed by atoms with van der Waals surface area (Å²) in [6, 6.07) is 8.90. The highest BCUT2D eigenvalue weighted by atomic mass is 32.2. The van der Waals surface area contributed by atoms with Crippen molar-refractivity contribution >= 4 is 27.5 Å². The number of hydroxylamine groups is 1. The first-order chi connectivity index (χ1) is 15.1. The smallest absolute Gasteiger partial charge is 0.414 e. The number of nitrogens with zero attached hydrogens (tertiary/aromatic N) is 2. The first kappa shape index (κ1) is 24.0. The van der Waals surface area contributed by atoms with Crippen LogP contribution >= 0.6 is 0 Å². The van der Waals surface area contributed by atoms with Gasteiger partial charge >= 0.3 is 6.09 Å². The third-order valence-electron chi connectivity index (χ3n) is 5.74. The van der Waals surface area contributed by atoms with Gasteiger partial charge in [0.2, 0.25) is 0 Å². The molecule has 0 aliphatic carbocycles. The van der Waals surface area contributed by atoms with E-state index in [1.807, 2.05) is 0 Å². The van der Waals surface area contributed by atoms with Crippen LogP contribution in [-0.2, 0) is 35.4 Å². The molecule has 11 heteroatoms. The maximum absolute atomic E-state index is 12.8. The predicted octanol–water partition coefficient (Wildman–Crippen LogP) is 1.85. The number of amides is 2. The molecule has 3 atom stereocenters. The van der Waals surface area contributed by atoms with E-state index in [4.69, 9.17) is 19.6 Å². The van der Waals surface area contributed by atoms with Crippen LogP contribution < -0.4 is 10.4 Å². The monoisotopic (exact) mass is 465 g/mol. The van der Waals surface area contributed by atoms with Crippen LogP contribution in [0.15, 0.2) is 24.3 Å². The van der Waals surface area contributed by atoms with Crippen molar-refractivity contribution in [3.63, 3.8) is 0 Å². The molecular formula is C21H27N3O7S. The van der Waals surface area contributed by atoms with Gasteiger partial charge in [-0.3, -0.25) is 9.69 Å². The summed E-state index contributed by atoms with van der Waals surface area (Å²) in [5.41, 5.74) is 3.59. The summed E-state index contributed by atoms with van der Waals surface area (Å²) in [5, 5.41) is 8.78. The number of sulfone groups is 1. The van der Waals surface area contributed by atoms with E-state index >= 15 is 0 Å². The fourth-order valence-corrected chi connectivity index (χ4v) is 4.47. The highest BCUT2D eigenvalue weighted by molar-refractivity contribution is 7.92. The lowest BCUT2D eigenvalue weighted by atomic mass is 10.0. The molecule has 1 aromatic rings. The van der Waals surface area contributed by atoms with Gasteiger partial charge in [-0.1, -0.05) is 12.1 Å². The van der Waals surface area contributed by atoms with Gasteiger partial charge in [0.15, 0.2) is 20.9 Å². The summed E-state index contributed by atoms with van der Waals surface area (Å²) >= 11 is 0. The van der Waals surface area contributed by atoms with Gasteiger partial charge in [0.25, 0.3) is 5.91 Å². The van der Waals surface area contributed by atoms with Crippen LogP contribution in [0.2, 0.25) is 0 Å². The minimum Gasteiger partial charge on any atom is -0.444 e. The van der Waals surface area contributed by atoms with Crippen molar-refractivity contribution in [2.24, 2.45) is 0 Å². The van der Waals surface area contributed by atoms with E-state index < -0.39 is 39.0 Å². The first-order valence-corrected chi connectivity index (χ1v) is 12.2. The maximum Gasteiger partial charge on any atom is 0.414 e. The molecule has 2 aliphatic rings. The van der Waals surface area contributed by atoms with Crippen LogP contribution in [-0.4, -0.2) is 57.0 Å². The van der Waals surface area contributed by atoms with E-state index in [1.54, 1.807) is 24.3 Å². The third kappa shape index (κ3) is 5.38. The highest BCUT2D eigenvalue weighted by Gasteiger charge is 2.48. The Morgan fingerprint density at radius 2 is 2.06 bits per heavy atom. The molecule has 2 unspecified atom stereocenters. The van der Waals surface area contributed by atoms with Gasteiger partial charge in [-0.15, -0.1) is 0 Å². The SMILES string of the molecule is CC(C[C@H]1CN(c2ccc(CC#N)cc2)C(=O)O1)(C(=O)NOC1CCCCO1)S(C)(=O)=O. The van der Waals surface area contributed by atoms with Crippen LogP contribution in [0.4, 0.5) is 10.5 Å². The first-order valence-electron chi connectivity index (χ1n) is 10.4. The number of nitriles is 1. The second-order valence-electron chi connectivity index (χ2n) is 8.17. The Morgan fingerprint density at radius 1 is 1.34 bits per heavy atom. The molecular weight excluding hydrogens is 438 g/mol. The zero-order chi connectivity index (χ0) is 23.4. The fraction of sp³-hybridized carbons (Fsp3) is 0.571. The molecule has 0 aromatic heterocycles. The summed E-state index contributed by atoms with van der Waals surface area (Å²) in [6.07, 6.45) is 1.29. The number of hydrogen-bond acceptors (Lipinski definition) is 8. The summed E-state index contributed by atoms with van der Waals surface area (Å²) in [5.74, 6) is -0.843. The fourth-order valence-electron chi connectivity index (χ4n) is 3.60. The van der Waals surface area contributed by atoms with Crippen LogP contribution in [0.5, 0.6) is 0 Å². The molecule has 1 N–H and O–H groups in total. The number of carbonyl (C=O) groups excluding carboxylic acids is 2.